The third kappa shape index (κ3) is 2.28. The Hall–Kier alpha value is -1.68. The van der Waals surface area contributed by atoms with Crippen LogP contribution in [0.15, 0.2) is 35.3 Å². The van der Waals surface area contributed by atoms with Gasteiger partial charge < -0.3 is 5.32 Å². The lowest BCUT2D eigenvalue weighted by Crippen LogP contribution is -2.20. The molecule has 0 atom stereocenters. The van der Waals surface area contributed by atoms with Crippen molar-refractivity contribution in [1.82, 2.24) is 14.7 Å². The fourth-order valence-corrected chi connectivity index (χ4v) is 1.59. The van der Waals surface area contributed by atoms with Gasteiger partial charge in [-0.25, -0.2) is 4.98 Å². The normalized spacial score (nSPS) is 10.8. The maximum atomic E-state index is 11.7. The van der Waals surface area contributed by atoms with Crippen LogP contribution in [0.3, 0.4) is 0 Å². The number of pyridine rings is 1. The maximum absolute atomic E-state index is 11.7. The zero-order valence-electron chi connectivity index (χ0n) is 9.31. The fourth-order valence-electron chi connectivity index (χ4n) is 1.59. The fraction of sp³-hybridized carbons (Fsp3) is 0.333. The smallest absolute Gasteiger partial charge is 0.258 e. The molecule has 0 aliphatic carbocycles. The summed E-state index contributed by atoms with van der Waals surface area (Å²) >= 11 is 0. The molecule has 2 heterocycles. The largest absolute Gasteiger partial charge is 0.311 e. The second-order valence-corrected chi connectivity index (χ2v) is 3.69. The predicted octanol–water partition coefficient (Wildman–Crippen LogP) is 1.19. The molecule has 0 saturated carbocycles. The Balaban J connectivity index is 2.31. The SMILES string of the molecule is CCCNCc1cc(=O)n2ccccc2n1. The zero-order chi connectivity index (χ0) is 11.4. The average Bonchev–Trinajstić information content (AvgIpc) is 2.30. The number of nitrogens with one attached hydrogen (secondary N) is 1. The van der Waals surface area contributed by atoms with Crippen molar-refractivity contribution in [3.63, 3.8) is 0 Å². The van der Waals surface area contributed by atoms with E-state index in [9.17, 15) is 4.79 Å². The van der Waals surface area contributed by atoms with Crippen LogP contribution >= 0.6 is 0 Å². The van der Waals surface area contributed by atoms with Gasteiger partial charge in [0.25, 0.3) is 5.56 Å². The van der Waals surface area contributed by atoms with Crippen LogP contribution in [0.5, 0.6) is 0 Å². The summed E-state index contributed by atoms with van der Waals surface area (Å²) in [6.07, 6.45) is 2.81. The molecular weight excluding hydrogens is 202 g/mol. The van der Waals surface area contributed by atoms with Gasteiger partial charge in [0.15, 0.2) is 0 Å². The van der Waals surface area contributed by atoms with Crippen molar-refractivity contribution in [2.45, 2.75) is 19.9 Å². The molecular formula is C12H15N3O. The molecule has 0 bridgehead atoms. The monoisotopic (exact) mass is 217 g/mol. The summed E-state index contributed by atoms with van der Waals surface area (Å²) in [5, 5.41) is 3.23. The Bertz CT molecular complexity index is 533. The Morgan fingerprint density at radius 1 is 1.44 bits per heavy atom. The van der Waals surface area contributed by atoms with E-state index in [1.54, 1.807) is 16.7 Å². The second-order valence-electron chi connectivity index (χ2n) is 3.69. The number of rotatable bonds is 4. The number of hydrogen-bond acceptors (Lipinski definition) is 3. The quantitative estimate of drug-likeness (QED) is 0.783. The molecule has 0 spiro atoms. The summed E-state index contributed by atoms with van der Waals surface area (Å²) in [5.41, 5.74) is 1.46. The number of hydrogen-bond donors (Lipinski definition) is 1. The van der Waals surface area contributed by atoms with E-state index in [-0.39, 0.29) is 5.56 Å². The molecule has 2 aromatic heterocycles. The van der Waals surface area contributed by atoms with Crippen molar-refractivity contribution in [1.29, 1.82) is 0 Å². The summed E-state index contributed by atoms with van der Waals surface area (Å²) in [4.78, 5) is 16.1. The van der Waals surface area contributed by atoms with Gasteiger partial charge in [-0.2, -0.15) is 0 Å². The van der Waals surface area contributed by atoms with Gasteiger partial charge in [-0.3, -0.25) is 9.20 Å². The summed E-state index contributed by atoms with van der Waals surface area (Å²) in [5.74, 6) is 0. The standard InChI is InChI=1S/C12H15N3O/c1-2-6-13-9-10-8-12(16)15-7-4-3-5-11(15)14-10/h3-5,7-8,13H,2,6,9H2,1H3. The molecule has 4 nitrogen and oxygen atoms in total. The van der Waals surface area contributed by atoms with Gasteiger partial charge in [0.05, 0.1) is 5.69 Å². The lowest BCUT2D eigenvalue weighted by atomic mass is 10.3. The predicted molar refractivity (Wildman–Crippen MR) is 63.5 cm³/mol. The van der Waals surface area contributed by atoms with E-state index in [4.69, 9.17) is 0 Å². The van der Waals surface area contributed by atoms with Gasteiger partial charge >= 0.3 is 0 Å². The first-order valence-corrected chi connectivity index (χ1v) is 5.49. The van der Waals surface area contributed by atoms with Crippen LogP contribution in [-0.4, -0.2) is 15.9 Å². The van der Waals surface area contributed by atoms with E-state index in [1.165, 1.54) is 0 Å². The minimum atomic E-state index is -0.0288. The molecule has 4 heteroatoms. The van der Waals surface area contributed by atoms with Crippen LogP contribution in [0.4, 0.5) is 0 Å². The highest BCUT2D eigenvalue weighted by Gasteiger charge is 2.00. The molecule has 0 amide bonds. The van der Waals surface area contributed by atoms with Crippen LogP contribution in [0.1, 0.15) is 19.0 Å². The minimum absolute atomic E-state index is 0.0288. The summed E-state index contributed by atoms with van der Waals surface area (Å²) in [6, 6.07) is 7.12. The first-order chi connectivity index (χ1) is 7.81. The van der Waals surface area contributed by atoms with Gasteiger partial charge in [0.1, 0.15) is 5.65 Å². The van der Waals surface area contributed by atoms with Crippen molar-refractivity contribution in [3.8, 4) is 0 Å². The molecule has 84 valence electrons. The molecule has 0 unspecified atom stereocenters. The molecule has 1 N–H and O–H groups in total. The first kappa shape index (κ1) is 10.8. The van der Waals surface area contributed by atoms with E-state index in [1.807, 2.05) is 18.2 Å². The zero-order valence-corrected chi connectivity index (χ0v) is 9.31. The highest BCUT2D eigenvalue weighted by molar-refractivity contribution is 5.37. The van der Waals surface area contributed by atoms with Gasteiger partial charge in [-0.05, 0) is 25.1 Å². The molecule has 0 fully saturated rings. The van der Waals surface area contributed by atoms with Gasteiger partial charge in [0.2, 0.25) is 0 Å². The lowest BCUT2D eigenvalue weighted by molar-refractivity contribution is 0.663. The molecule has 0 radical (unpaired) electrons. The van der Waals surface area contributed by atoms with Crippen molar-refractivity contribution < 1.29 is 0 Å². The maximum Gasteiger partial charge on any atom is 0.258 e. The highest BCUT2D eigenvalue weighted by atomic mass is 16.1. The van der Waals surface area contributed by atoms with Gasteiger partial charge in [-0.15, -0.1) is 0 Å². The Morgan fingerprint density at radius 3 is 3.12 bits per heavy atom. The molecule has 0 aliphatic rings. The molecule has 2 rings (SSSR count). The van der Waals surface area contributed by atoms with Crippen molar-refractivity contribution >= 4 is 5.65 Å². The van der Waals surface area contributed by atoms with Crippen molar-refractivity contribution in [3.05, 3.63) is 46.5 Å². The molecule has 0 saturated heterocycles. The van der Waals surface area contributed by atoms with Gasteiger partial charge in [-0.1, -0.05) is 13.0 Å². The molecule has 0 aliphatic heterocycles. The van der Waals surface area contributed by atoms with Crippen LogP contribution in [0.2, 0.25) is 0 Å². The van der Waals surface area contributed by atoms with Crippen LogP contribution in [0.25, 0.3) is 5.65 Å². The van der Waals surface area contributed by atoms with Gasteiger partial charge in [0, 0.05) is 18.8 Å². The number of fused-ring (bicyclic) bond motifs is 1. The van der Waals surface area contributed by atoms with E-state index in [0.29, 0.717) is 12.2 Å². The highest BCUT2D eigenvalue weighted by Crippen LogP contribution is 1.98. The van der Waals surface area contributed by atoms with E-state index < -0.39 is 0 Å². The Labute approximate surface area is 94.0 Å². The molecule has 2 aromatic rings. The van der Waals surface area contributed by atoms with Crippen molar-refractivity contribution in [2.24, 2.45) is 0 Å². The third-order valence-corrected chi connectivity index (χ3v) is 2.36. The lowest BCUT2D eigenvalue weighted by Gasteiger charge is -2.04. The summed E-state index contributed by atoms with van der Waals surface area (Å²) < 4.78 is 1.54. The topological polar surface area (TPSA) is 46.4 Å². The first-order valence-electron chi connectivity index (χ1n) is 5.49. The Kier molecular flexibility index (Phi) is 3.31. The minimum Gasteiger partial charge on any atom is -0.311 e. The third-order valence-electron chi connectivity index (χ3n) is 2.36. The van der Waals surface area contributed by atoms with E-state index in [0.717, 1.165) is 18.7 Å². The number of aromatic nitrogens is 2. The summed E-state index contributed by atoms with van der Waals surface area (Å²) in [7, 11) is 0. The number of nitrogens with zero attached hydrogens (tertiary/aromatic N) is 2. The van der Waals surface area contributed by atoms with E-state index in [2.05, 4.69) is 17.2 Å². The van der Waals surface area contributed by atoms with Crippen molar-refractivity contribution in [2.75, 3.05) is 6.54 Å². The van der Waals surface area contributed by atoms with Crippen LogP contribution in [0, 0.1) is 0 Å². The molecule has 0 aromatic carbocycles. The molecule has 16 heavy (non-hydrogen) atoms. The van der Waals surface area contributed by atoms with Crippen LogP contribution < -0.4 is 10.9 Å². The average molecular weight is 217 g/mol. The Morgan fingerprint density at radius 2 is 2.31 bits per heavy atom. The summed E-state index contributed by atoms with van der Waals surface area (Å²) in [6.45, 7) is 3.69. The van der Waals surface area contributed by atoms with E-state index >= 15 is 0 Å². The second kappa shape index (κ2) is 4.90. The van der Waals surface area contributed by atoms with Crippen LogP contribution in [-0.2, 0) is 6.54 Å².